The van der Waals surface area contributed by atoms with Gasteiger partial charge in [-0.1, -0.05) is 0 Å². The lowest BCUT2D eigenvalue weighted by Crippen LogP contribution is -2.28. The molecule has 0 saturated carbocycles. The van der Waals surface area contributed by atoms with Crippen molar-refractivity contribution in [3.8, 4) is 0 Å². The highest BCUT2D eigenvalue weighted by atomic mass is 31.2. The molecule has 0 spiro atoms. The summed E-state index contributed by atoms with van der Waals surface area (Å²) in [7, 11) is -4.62. The predicted molar refractivity (Wildman–Crippen MR) is 34.1 cm³/mol. The molecule has 68 valence electrons. The van der Waals surface area contributed by atoms with Crippen LogP contribution in [0.25, 0.3) is 0 Å². The number of hydrogen-bond acceptors (Lipinski definition) is 4. The largest absolute Gasteiger partial charge is 0.338 e. The van der Waals surface area contributed by atoms with Crippen LogP contribution < -0.4 is 0 Å². The first kappa shape index (κ1) is 9.34. The Labute approximate surface area is 66.7 Å². The number of nitrogens with zero attached hydrogens (tertiary/aromatic N) is 1. The summed E-state index contributed by atoms with van der Waals surface area (Å²) in [6.45, 7) is 0. The molecule has 0 aromatic heterocycles. The van der Waals surface area contributed by atoms with Crippen LogP contribution in [0.3, 0.4) is 0 Å². The van der Waals surface area contributed by atoms with E-state index in [1.54, 1.807) is 0 Å². The van der Waals surface area contributed by atoms with E-state index in [2.05, 4.69) is 0 Å². The third-order valence-corrected chi connectivity index (χ3v) is 2.72. The monoisotopic (exact) mass is 195 g/mol. The quantitative estimate of drug-likeness (QED) is 0.271. The van der Waals surface area contributed by atoms with E-state index in [1.165, 1.54) is 0 Å². The van der Waals surface area contributed by atoms with E-state index in [-0.39, 0.29) is 5.06 Å². The molecule has 1 saturated heterocycles. The lowest BCUT2D eigenvalue weighted by molar-refractivity contribution is -0.171. The van der Waals surface area contributed by atoms with Crippen LogP contribution >= 0.6 is 7.60 Å². The lowest BCUT2D eigenvalue weighted by Gasteiger charge is -2.08. The normalized spacial score (nSPS) is 25.2. The second-order valence-corrected chi connectivity index (χ2v) is 4.15. The minimum atomic E-state index is -4.62. The SMILES string of the molecule is O=C1C[C@H](P(=O)(O)O)C(=O)N1O. The van der Waals surface area contributed by atoms with Gasteiger partial charge >= 0.3 is 7.60 Å². The molecule has 0 bridgehead atoms. The highest BCUT2D eigenvalue weighted by Crippen LogP contribution is 2.46. The summed E-state index contributed by atoms with van der Waals surface area (Å²) in [4.78, 5) is 38.3. The van der Waals surface area contributed by atoms with Gasteiger partial charge in [-0.05, 0) is 0 Å². The third kappa shape index (κ3) is 1.39. The van der Waals surface area contributed by atoms with Gasteiger partial charge in [-0.15, -0.1) is 0 Å². The van der Waals surface area contributed by atoms with Crippen LogP contribution in [0, 0.1) is 0 Å². The molecule has 1 atom stereocenters. The van der Waals surface area contributed by atoms with Gasteiger partial charge in [-0.2, -0.15) is 5.06 Å². The van der Waals surface area contributed by atoms with Crippen molar-refractivity contribution in [2.75, 3.05) is 0 Å². The molecule has 0 aromatic rings. The van der Waals surface area contributed by atoms with Crippen LogP contribution in [0.1, 0.15) is 6.42 Å². The van der Waals surface area contributed by atoms with E-state index in [0.29, 0.717) is 0 Å². The van der Waals surface area contributed by atoms with Gasteiger partial charge in [-0.3, -0.25) is 19.4 Å². The average Bonchev–Trinajstić information content (AvgIpc) is 2.15. The lowest BCUT2D eigenvalue weighted by atomic mass is 10.4. The minimum absolute atomic E-state index is 0.260. The molecular weight excluding hydrogens is 189 g/mol. The smallest absolute Gasteiger partial charge is 0.324 e. The number of carbonyl (C=O) groups excluding carboxylic acids is 2. The summed E-state index contributed by atoms with van der Waals surface area (Å²) in [6.07, 6.45) is -0.639. The van der Waals surface area contributed by atoms with Crippen molar-refractivity contribution in [2.45, 2.75) is 12.1 Å². The highest BCUT2D eigenvalue weighted by Gasteiger charge is 2.48. The average molecular weight is 195 g/mol. The molecule has 1 fully saturated rings. The summed E-state index contributed by atoms with van der Waals surface area (Å²) >= 11 is 0. The molecule has 0 unspecified atom stereocenters. The van der Waals surface area contributed by atoms with Crippen LogP contribution in [0.15, 0.2) is 0 Å². The summed E-state index contributed by atoms with van der Waals surface area (Å²) < 4.78 is 10.5. The van der Waals surface area contributed by atoms with E-state index in [4.69, 9.17) is 15.0 Å². The maximum atomic E-state index is 10.7. The van der Waals surface area contributed by atoms with Gasteiger partial charge in [0.2, 0.25) is 0 Å². The molecule has 2 amide bonds. The number of hydroxylamine groups is 2. The fourth-order valence-corrected chi connectivity index (χ4v) is 1.66. The van der Waals surface area contributed by atoms with Crippen LogP contribution in [-0.2, 0) is 14.2 Å². The van der Waals surface area contributed by atoms with Crippen molar-refractivity contribution in [1.82, 2.24) is 5.06 Å². The van der Waals surface area contributed by atoms with E-state index < -0.39 is 31.5 Å². The first-order chi connectivity index (χ1) is 5.34. The van der Waals surface area contributed by atoms with Gasteiger partial charge < -0.3 is 9.79 Å². The standard InChI is InChI=1S/C4H6NO6P/c6-3-1-2(12(9,10)11)4(7)5(3)8/h2,8H,1H2,(H2,9,10,11)/t2-/m0/s1. The molecule has 7 nitrogen and oxygen atoms in total. The zero-order valence-electron chi connectivity index (χ0n) is 5.75. The zero-order valence-corrected chi connectivity index (χ0v) is 6.64. The number of rotatable bonds is 1. The van der Waals surface area contributed by atoms with Gasteiger partial charge in [0.05, 0.1) is 6.42 Å². The molecule has 0 radical (unpaired) electrons. The Balaban J connectivity index is 2.93. The van der Waals surface area contributed by atoms with Crippen LogP contribution in [-0.4, -0.2) is 37.5 Å². The zero-order chi connectivity index (χ0) is 9.52. The van der Waals surface area contributed by atoms with Gasteiger partial charge in [0.25, 0.3) is 11.8 Å². The molecule has 3 N–H and O–H groups in total. The molecule has 0 aromatic carbocycles. The molecule has 1 aliphatic heterocycles. The first-order valence-electron chi connectivity index (χ1n) is 2.95. The van der Waals surface area contributed by atoms with Crippen LogP contribution in [0.5, 0.6) is 0 Å². The second kappa shape index (κ2) is 2.63. The van der Waals surface area contributed by atoms with Gasteiger partial charge in [0.1, 0.15) is 0 Å². The minimum Gasteiger partial charge on any atom is -0.324 e. The molecular formula is C4H6NO6P. The number of carbonyl (C=O) groups is 2. The number of amides is 2. The number of hydrogen-bond donors (Lipinski definition) is 3. The van der Waals surface area contributed by atoms with Crippen molar-refractivity contribution in [3.63, 3.8) is 0 Å². The summed E-state index contributed by atoms with van der Waals surface area (Å²) in [6, 6.07) is 0. The Morgan fingerprint density at radius 2 is 1.92 bits per heavy atom. The molecule has 8 heteroatoms. The molecule has 12 heavy (non-hydrogen) atoms. The van der Waals surface area contributed by atoms with Crippen LogP contribution in [0.2, 0.25) is 0 Å². The Bertz CT molecular complexity index is 281. The summed E-state index contributed by atoms with van der Waals surface area (Å²) in [5.41, 5.74) is -1.71. The summed E-state index contributed by atoms with van der Waals surface area (Å²) in [5, 5.41) is 8.33. The van der Waals surface area contributed by atoms with Gasteiger partial charge in [0.15, 0.2) is 5.66 Å². The van der Waals surface area contributed by atoms with E-state index in [1.807, 2.05) is 0 Å². The molecule has 0 aliphatic carbocycles. The fraction of sp³-hybridized carbons (Fsp3) is 0.500. The maximum absolute atomic E-state index is 10.7. The van der Waals surface area contributed by atoms with Gasteiger partial charge in [-0.25, -0.2) is 0 Å². The summed E-state index contributed by atoms with van der Waals surface area (Å²) in [5.74, 6) is -2.23. The van der Waals surface area contributed by atoms with Crippen molar-refractivity contribution in [1.29, 1.82) is 0 Å². The Morgan fingerprint density at radius 3 is 2.08 bits per heavy atom. The first-order valence-corrected chi connectivity index (χ1v) is 4.63. The molecule has 1 aliphatic rings. The third-order valence-electron chi connectivity index (χ3n) is 1.50. The van der Waals surface area contributed by atoms with E-state index >= 15 is 0 Å². The van der Waals surface area contributed by atoms with E-state index in [0.717, 1.165) is 0 Å². The highest BCUT2D eigenvalue weighted by molar-refractivity contribution is 7.53. The Kier molecular flexibility index (Phi) is 2.05. The topological polar surface area (TPSA) is 115 Å². The fourth-order valence-electron chi connectivity index (χ4n) is 0.866. The Morgan fingerprint density at radius 1 is 1.42 bits per heavy atom. The van der Waals surface area contributed by atoms with E-state index in [9.17, 15) is 14.2 Å². The Hall–Kier alpha value is -0.750. The van der Waals surface area contributed by atoms with Gasteiger partial charge in [0, 0.05) is 0 Å². The molecule has 1 heterocycles. The van der Waals surface area contributed by atoms with Crippen molar-refractivity contribution < 1.29 is 29.1 Å². The van der Waals surface area contributed by atoms with Crippen molar-refractivity contribution in [3.05, 3.63) is 0 Å². The predicted octanol–water partition coefficient (Wildman–Crippen LogP) is -1.32. The second-order valence-electron chi connectivity index (χ2n) is 2.35. The van der Waals surface area contributed by atoms with Crippen molar-refractivity contribution in [2.24, 2.45) is 0 Å². The maximum Gasteiger partial charge on any atom is 0.338 e. The number of imide groups is 1. The van der Waals surface area contributed by atoms with Crippen LogP contribution in [0.4, 0.5) is 0 Å². The van der Waals surface area contributed by atoms with Crippen molar-refractivity contribution >= 4 is 19.4 Å². The molecule has 1 rings (SSSR count).